The highest BCUT2D eigenvalue weighted by atomic mass is 19.1. The van der Waals surface area contributed by atoms with E-state index < -0.39 is 19.3 Å². The van der Waals surface area contributed by atoms with Crippen LogP contribution in [0.1, 0.15) is 10.4 Å². The van der Waals surface area contributed by atoms with E-state index in [1.54, 1.807) is 0 Å². The molecule has 0 saturated heterocycles. The van der Waals surface area contributed by atoms with Crippen molar-refractivity contribution in [2.24, 2.45) is 0 Å². The quantitative estimate of drug-likeness (QED) is 0.800. The lowest BCUT2D eigenvalue weighted by molar-refractivity contribution is 0.0686. The maximum atomic E-state index is 12.0. The van der Waals surface area contributed by atoms with Crippen LogP contribution in [0.3, 0.4) is 0 Å². The predicted octanol–water partition coefficient (Wildman–Crippen LogP) is 2.08. The minimum atomic E-state index is -1.27. The monoisotopic (exact) mass is 246 g/mol. The first-order valence-electron chi connectivity index (χ1n) is 4.94. The molecule has 0 aliphatic heterocycles. The van der Waals surface area contributed by atoms with Crippen molar-refractivity contribution in [1.82, 2.24) is 0 Å². The molecule has 0 amide bonds. The molecule has 0 fully saturated rings. The summed E-state index contributed by atoms with van der Waals surface area (Å²) in [7, 11) is 0. The minimum absolute atomic E-state index is 0.00603. The van der Waals surface area contributed by atoms with Crippen molar-refractivity contribution >= 4 is 5.97 Å². The Morgan fingerprint density at radius 2 is 1.59 bits per heavy atom. The standard InChI is InChI=1S/C11H12F2O4/c12-4-6-16-8-2-1-3-9(17-7-5-13)10(8)11(14)15/h1-3H,4-7H2,(H,14,15). The van der Waals surface area contributed by atoms with Gasteiger partial charge in [-0.05, 0) is 12.1 Å². The molecule has 0 spiro atoms. The Hall–Kier alpha value is -1.85. The van der Waals surface area contributed by atoms with Crippen molar-refractivity contribution in [2.45, 2.75) is 0 Å². The molecule has 1 rings (SSSR count). The van der Waals surface area contributed by atoms with Crippen LogP contribution < -0.4 is 9.47 Å². The van der Waals surface area contributed by atoms with Gasteiger partial charge in [0.1, 0.15) is 43.6 Å². The molecule has 4 nitrogen and oxygen atoms in total. The van der Waals surface area contributed by atoms with E-state index in [2.05, 4.69) is 0 Å². The lowest BCUT2D eigenvalue weighted by Gasteiger charge is -2.12. The Morgan fingerprint density at radius 1 is 1.12 bits per heavy atom. The lowest BCUT2D eigenvalue weighted by Crippen LogP contribution is -2.09. The molecular formula is C11H12F2O4. The van der Waals surface area contributed by atoms with Gasteiger partial charge in [0, 0.05) is 0 Å². The summed E-state index contributed by atoms with van der Waals surface area (Å²) in [5.41, 5.74) is -0.227. The number of hydrogen-bond donors (Lipinski definition) is 1. The summed E-state index contributed by atoms with van der Waals surface area (Å²) in [6, 6.07) is 4.27. The Bertz CT molecular complexity index is 355. The summed E-state index contributed by atoms with van der Waals surface area (Å²) in [6.07, 6.45) is 0. The number of carboxylic acids is 1. The highest BCUT2D eigenvalue weighted by Crippen LogP contribution is 2.28. The molecule has 0 aliphatic rings. The van der Waals surface area contributed by atoms with Gasteiger partial charge in [-0.3, -0.25) is 0 Å². The molecule has 0 radical (unpaired) electrons. The predicted molar refractivity (Wildman–Crippen MR) is 56.3 cm³/mol. The number of carboxylic acid groups (broad SMARTS) is 1. The van der Waals surface area contributed by atoms with Crippen LogP contribution in [0.15, 0.2) is 18.2 Å². The summed E-state index contributed by atoms with van der Waals surface area (Å²) >= 11 is 0. The van der Waals surface area contributed by atoms with E-state index >= 15 is 0 Å². The number of halogens is 2. The van der Waals surface area contributed by atoms with E-state index in [4.69, 9.17) is 14.6 Å². The zero-order valence-corrected chi connectivity index (χ0v) is 8.99. The molecular weight excluding hydrogens is 234 g/mol. The lowest BCUT2D eigenvalue weighted by atomic mass is 10.2. The molecule has 0 unspecified atom stereocenters. The molecule has 0 aliphatic carbocycles. The third-order valence-electron chi connectivity index (χ3n) is 1.87. The van der Waals surface area contributed by atoms with E-state index in [0.717, 1.165) is 0 Å². The van der Waals surface area contributed by atoms with Gasteiger partial charge in [0.2, 0.25) is 0 Å². The van der Waals surface area contributed by atoms with Crippen LogP contribution in [0.2, 0.25) is 0 Å². The molecule has 17 heavy (non-hydrogen) atoms. The summed E-state index contributed by atoms with van der Waals surface area (Å²) in [5, 5.41) is 9.00. The largest absolute Gasteiger partial charge is 0.490 e. The zero-order chi connectivity index (χ0) is 12.7. The van der Waals surface area contributed by atoms with Gasteiger partial charge >= 0.3 is 5.97 Å². The van der Waals surface area contributed by atoms with Gasteiger partial charge in [0.25, 0.3) is 0 Å². The third-order valence-corrected chi connectivity index (χ3v) is 1.87. The summed E-state index contributed by atoms with van der Waals surface area (Å²) < 4.78 is 33.8. The second-order valence-corrected chi connectivity index (χ2v) is 3.01. The summed E-state index contributed by atoms with van der Waals surface area (Å²) in [4.78, 5) is 11.0. The van der Waals surface area contributed by atoms with Crippen molar-refractivity contribution in [3.05, 3.63) is 23.8 Å². The average Bonchev–Trinajstić information content (AvgIpc) is 2.33. The van der Waals surface area contributed by atoms with Crippen LogP contribution >= 0.6 is 0 Å². The van der Waals surface area contributed by atoms with Crippen LogP contribution in [0, 0.1) is 0 Å². The number of aromatic carboxylic acids is 1. The van der Waals surface area contributed by atoms with E-state index in [1.165, 1.54) is 18.2 Å². The molecule has 0 heterocycles. The van der Waals surface area contributed by atoms with Crippen LogP contribution in [-0.2, 0) is 0 Å². The van der Waals surface area contributed by atoms with Crippen LogP contribution in [0.25, 0.3) is 0 Å². The van der Waals surface area contributed by atoms with Gasteiger partial charge in [0.05, 0.1) is 0 Å². The molecule has 0 bridgehead atoms. The Morgan fingerprint density at radius 3 is 1.94 bits per heavy atom. The van der Waals surface area contributed by atoms with E-state index in [0.29, 0.717) is 0 Å². The zero-order valence-electron chi connectivity index (χ0n) is 8.99. The van der Waals surface area contributed by atoms with Gasteiger partial charge < -0.3 is 14.6 Å². The highest BCUT2D eigenvalue weighted by molar-refractivity contribution is 5.94. The second kappa shape index (κ2) is 6.67. The fourth-order valence-corrected chi connectivity index (χ4v) is 1.26. The minimum Gasteiger partial charge on any atom is -0.490 e. The van der Waals surface area contributed by atoms with E-state index in [9.17, 15) is 13.6 Å². The molecule has 1 N–H and O–H groups in total. The average molecular weight is 246 g/mol. The van der Waals surface area contributed by atoms with E-state index in [-0.39, 0.29) is 30.3 Å². The van der Waals surface area contributed by atoms with E-state index in [1.807, 2.05) is 0 Å². The third kappa shape index (κ3) is 3.58. The fourth-order valence-electron chi connectivity index (χ4n) is 1.26. The maximum Gasteiger partial charge on any atom is 0.343 e. The van der Waals surface area contributed by atoms with Crippen LogP contribution in [0.5, 0.6) is 11.5 Å². The second-order valence-electron chi connectivity index (χ2n) is 3.01. The molecule has 94 valence electrons. The first kappa shape index (κ1) is 13.2. The molecule has 0 saturated carbocycles. The first-order valence-corrected chi connectivity index (χ1v) is 4.94. The molecule has 0 aromatic heterocycles. The van der Waals surface area contributed by atoms with Crippen molar-refractivity contribution in [3.63, 3.8) is 0 Å². The van der Waals surface area contributed by atoms with Gasteiger partial charge in [-0.1, -0.05) is 6.07 Å². The first-order chi connectivity index (χ1) is 8.20. The highest BCUT2D eigenvalue weighted by Gasteiger charge is 2.17. The molecule has 0 atom stereocenters. The van der Waals surface area contributed by atoms with Gasteiger partial charge in [0.15, 0.2) is 0 Å². The van der Waals surface area contributed by atoms with Gasteiger partial charge in [-0.15, -0.1) is 0 Å². The van der Waals surface area contributed by atoms with Crippen molar-refractivity contribution in [2.75, 3.05) is 26.6 Å². The molecule has 1 aromatic carbocycles. The fraction of sp³-hybridized carbons (Fsp3) is 0.364. The number of carbonyl (C=O) groups is 1. The SMILES string of the molecule is O=C(O)c1c(OCCF)cccc1OCCF. The van der Waals surface area contributed by atoms with Crippen molar-refractivity contribution in [3.8, 4) is 11.5 Å². The van der Waals surface area contributed by atoms with Crippen LogP contribution in [-0.4, -0.2) is 37.6 Å². The number of hydrogen-bond acceptors (Lipinski definition) is 3. The summed E-state index contributed by atoms with van der Waals surface area (Å²) in [6.45, 7) is -1.94. The van der Waals surface area contributed by atoms with Crippen LogP contribution in [0.4, 0.5) is 8.78 Å². The normalized spacial score (nSPS) is 10.0. The maximum absolute atomic E-state index is 12.0. The topological polar surface area (TPSA) is 55.8 Å². The number of rotatable bonds is 7. The molecule has 6 heteroatoms. The van der Waals surface area contributed by atoms with Crippen molar-refractivity contribution < 1.29 is 28.2 Å². The Balaban J connectivity index is 2.99. The Kier molecular flexibility index (Phi) is 5.19. The van der Waals surface area contributed by atoms with Gasteiger partial charge in [-0.2, -0.15) is 0 Å². The molecule has 1 aromatic rings. The summed E-state index contributed by atoms with van der Waals surface area (Å²) in [5.74, 6) is -1.26. The number of benzene rings is 1. The smallest absolute Gasteiger partial charge is 0.343 e. The van der Waals surface area contributed by atoms with Crippen molar-refractivity contribution in [1.29, 1.82) is 0 Å². The van der Waals surface area contributed by atoms with Gasteiger partial charge in [-0.25, -0.2) is 13.6 Å². The Labute approximate surface area is 96.8 Å². The number of alkyl halides is 2. The number of ether oxygens (including phenoxy) is 2.